The number of oxime groups is 1. The van der Waals surface area contributed by atoms with Crippen LogP contribution >= 0.6 is 15.9 Å². The first-order valence-electron chi connectivity index (χ1n) is 9.92. The summed E-state index contributed by atoms with van der Waals surface area (Å²) in [6.45, 7) is 0. The highest BCUT2D eigenvalue weighted by Crippen LogP contribution is 2.55. The van der Waals surface area contributed by atoms with E-state index < -0.39 is 34.8 Å². The predicted octanol–water partition coefficient (Wildman–Crippen LogP) is 2.49. The molecular weight excluding hydrogens is 484 g/mol. The van der Waals surface area contributed by atoms with Gasteiger partial charge in [-0.15, -0.1) is 0 Å². The number of carbonyl (C=O) groups excluding carboxylic acids is 2. The largest absolute Gasteiger partial charge is 0.389 e. The summed E-state index contributed by atoms with van der Waals surface area (Å²) in [5.41, 5.74) is 2.12. The van der Waals surface area contributed by atoms with Crippen LogP contribution < -0.4 is 4.90 Å². The first kappa shape index (κ1) is 19.3. The topological polar surface area (TPSA) is 85.3 Å². The molecule has 3 saturated heterocycles. The Kier molecular flexibility index (Phi) is 4.25. The summed E-state index contributed by atoms with van der Waals surface area (Å²) >= 11 is 3.38. The molecule has 0 saturated carbocycles. The molecule has 1 unspecified atom stereocenters. The second kappa shape index (κ2) is 6.82. The number of fused-ring (bicyclic) bond motifs is 8. The standard InChI is InChI=1S/C22H17BrN2O5S/c1-31(28)13-8-2-10(3-9-13)17-16-18-14-15(19(29-18)20(16)30-24-17)22(27)25(21(14)26)12-6-4-11(23)5-7-12/h2-9,14-16,18-20H,1H3/t14-,15+,16-,18-,19+,20-,31?/m1/s1. The number of rotatable bonds is 3. The molecule has 2 aromatic rings. The number of halogens is 1. The molecule has 3 fully saturated rings. The molecule has 0 N–H and O–H groups in total. The first-order valence-corrected chi connectivity index (χ1v) is 12.3. The van der Waals surface area contributed by atoms with Crippen LogP contribution in [0.25, 0.3) is 0 Å². The maximum atomic E-state index is 13.3. The summed E-state index contributed by atoms with van der Waals surface area (Å²) in [5, 5.41) is 4.29. The Morgan fingerprint density at radius 3 is 2.19 bits per heavy atom. The van der Waals surface area contributed by atoms with E-state index in [4.69, 9.17) is 9.57 Å². The van der Waals surface area contributed by atoms with Gasteiger partial charge in [-0.1, -0.05) is 33.2 Å². The lowest BCUT2D eigenvalue weighted by Gasteiger charge is -2.26. The predicted molar refractivity (Wildman–Crippen MR) is 116 cm³/mol. The minimum atomic E-state index is -1.07. The van der Waals surface area contributed by atoms with Crippen LogP contribution in [0.1, 0.15) is 5.56 Å². The molecule has 2 bridgehead atoms. The fourth-order valence-electron chi connectivity index (χ4n) is 5.26. The van der Waals surface area contributed by atoms with E-state index in [0.29, 0.717) is 11.4 Å². The Bertz CT molecular complexity index is 1170. The summed E-state index contributed by atoms with van der Waals surface area (Å²) in [5.74, 6) is -1.79. The van der Waals surface area contributed by atoms with Crippen LogP contribution in [-0.4, -0.2) is 46.3 Å². The van der Waals surface area contributed by atoms with Gasteiger partial charge in [-0.3, -0.25) is 13.8 Å². The van der Waals surface area contributed by atoms with Crippen molar-refractivity contribution in [3.05, 3.63) is 58.6 Å². The minimum absolute atomic E-state index is 0.217. The van der Waals surface area contributed by atoms with Gasteiger partial charge in [0, 0.05) is 26.4 Å². The lowest BCUT2D eigenvalue weighted by atomic mass is 9.71. The van der Waals surface area contributed by atoms with Crippen LogP contribution in [0.4, 0.5) is 5.69 Å². The fraction of sp³-hybridized carbons (Fsp3) is 0.318. The molecular formula is C22H17BrN2O5S. The summed E-state index contributed by atoms with van der Waals surface area (Å²) < 4.78 is 18.7. The molecule has 0 aliphatic carbocycles. The lowest BCUT2D eigenvalue weighted by molar-refractivity contribution is -0.125. The summed E-state index contributed by atoms with van der Waals surface area (Å²) in [6.07, 6.45) is 0.284. The number of anilines is 1. The van der Waals surface area contributed by atoms with Crippen LogP contribution in [0, 0.1) is 17.8 Å². The Balaban J connectivity index is 1.32. The molecule has 7 atom stereocenters. The van der Waals surface area contributed by atoms with E-state index in [0.717, 1.165) is 14.9 Å². The number of carbonyl (C=O) groups is 2. The van der Waals surface area contributed by atoms with Crippen molar-refractivity contribution in [1.29, 1.82) is 0 Å². The quantitative estimate of drug-likeness (QED) is 0.604. The van der Waals surface area contributed by atoms with Crippen LogP contribution in [-0.2, 0) is 30.0 Å². The monoisotopic (exact) mass is 500 g/mol. The molecule has 9 heteroatoms. The molecule has 4 aliphatic heterocycles. The van der Waals surface area contributed by atoms with Gasteiger partial charge in [0.1, 0.15) is 6.10 Å². The summed E-state index contributed by atoms with van der Waals surface area (Å²) in [6, 6.07) is 14.5. The van der Waals surface area contributed by atoms with Crippen molar-refractivity contribution in [3.8, 4) is 0 Å². The average Bonchev–Trinajstić information content (AvgIpc) is 3.49. The van der Waals surface area contributed by atoms with Crippen LogP contribution in [0.15, 0.2) is 63.1 Å². The summed E-state index contributed by atoms with van der Waals surface area (Å²) in [7, 11) is -1.07. The first-order chi connectivity index (χ1) is 15.0. The van der Waals surface area contributed by atoms with Crippen molar-refractivity contribution in [3.63, 3.8) is 0 Å². The highest BCUT2D eigenvalue weighted by Gasteiger charge is 2.72. The number of nitrogens with zero attached hydrogens (tertiary/aromatic N) is 2. The van der Waals surface area contributed by atoms with E-state index in [-0.39, 0.29) is 23.8 Å². The van der Waals surface area contributed by atoms with Crippen molar-refractivity contribution >= 4 is 49.9 Å². The highest BCUT2D eigenvalue weighted by atomic mass is 79.9. The molecule has 7 nitrogen and oxygen atoms in total. The van der Waals surface area contributed by atoms with Gasteiger partial charge >= 0.3 is 0 Å². The zero-order chi connectivity index (χ0) is 21.4. The van der Waals surface area contributed by atoms with Crippen LogP contribution in [0.2, 0.25) is 0 Å². The Labute approximate surface area is 189 Å². The SMILES string of the molecule is CS(=O)c1ccc(C2=NO[C@H]3[C@H]4O[C@@H]([C@@H]23)[C@@H]2C(=O)N(c3ccc(Br)cc3)C(=O)[C@H]42)cc1. The number of hydrogen-bond donors (Lipinski definition) is 0. The molecule has 158 valence electrons. The molecule has 0 spiro atoms. The maximum absolute atomic E-state index is 13.3. The van der Waals surface area contributed by atoms with Gasteiger partial charge in [0.25, 0.3) is 0 Å². The van der Waals surface area contributed by atoms with E-state index in [1.54, 1.807) is 30.5 Å². The second-order valence-electron chi connectivity index (χ2n) is 8.16. The van der Waals surface area contributed by atoms with Gasteiger partial charge in [-0.2, -0.15) is 0 Å². The van der Waals surface area contributed by atoms with Crippen molar-refractivity contribution in [2.75, 3.05) is 11.2 Å². The van der Waals surface area contributed by atoms with Gasteiger partial charge in [-0.05, 0) is 42.0 Å². The van der Waals surface area contributed by atoms with Crippen LogP contribution in [0.3, 0.4) is 0 Å². The normalized spacial score (nSPS) is 33.9. The van der Waals surface area contributed by atoms with Crippen molar-refractivity contribution in [2.24, 2.45) is 22.9 Å². The van der Waals surface area contributed by atoms with Crippen molar-refractivity contribution in [1.82, 2.24) is 0 Å². The number of amides is 2. The van der Waals surface area contributed by atoms with E-state index in [1.165, 1.54) is 4.90 Å². The molecule has 31 heavy (non-hydrogen) atoms. The van der Waals surface area contributed by atoms with Gasteiger partial charge in [0.05, 0.1) is 35.3 Å². The Morgan fingerprint density at radius 2 is 1.55 bits per heavy atom. The molecule has 4 heterocycles. The Morgan fingerprint density at radius 1 is 0.903 bits per heavy atom. The van der Waals surface area contributed by atoms with E-state index in [2.05, 4.69) is 21.1 Å². The minimum Gasteiger partial charge on any atom is -0.389 e. The molecule has 2 amide bonds. The van der Waals surface area contributed by atoms with Crippen LogP contribution in [0.5, 0.6) is 0 Å². The zero-order valence-corrected chi connectivity index (χ0v) is 18.7. The summed E-state index contributed by atoms with van der Waals surface area (Å²) in [4.78, 5) is 34.3. The van der Waals surface area contributed by atoms with Gasteiger partial charge in [0.15, 0.2) is 6.10 Å². The third kappa shape index (κ3) is 2.66. The zero-order valence-electron chi connectivity index (χ0n) is 16.3. The van der Waals surface area contributed by atoms with Gasteiger partial charge in [-0.25, -0.2) is 4.90 Å². The third-order valence-electron chi connectivity index (χ3n) is 6.61. The van der Waals surface area contributed by atoms with Gasteiger partial charge in [0.2, 0.25) is 11.8 Å². The molecule has 0 aromatic heterocycles. The highest BCUT2D eigenvalue weighted by molar-refractivity contribution is 9.10. The molecule has 0 radical (unpaired) electrons. The fourth-order valence-corrected chi connectivity index (χ4v) is 6.04. The lowest BCUT2D eigenvalue weighted by Crippen LogP contribution is -2.45. The average molecular weight is 501 g/mol. The Hall–Kier alpha value is -2.36. The number of hydrogen-bond acceptors (Lipinski definition) is 6. The second-order valence-corrected chi connectivity index (χ2v) is 10.5. The van der Waals surface area contributed by atoms with Gasteiger partial charge < -0.3 is 9.57 Å². The van der Waals surface area contributed by atoms with E-state index in [9.17, 15) is 13.8 Å². The van der Waals surface area contributed by atoms with E-state index >= 15 is 0 Å². The number of ether oxygens (including phenoxy) is 1. The molecule has 6 rings (SSSR count). The maximum Gasteiger partial charge on any atom is 0.240 e. The molecule has 4 aliphatic rings. The molecule has 2 aromatic carbocycles. The smallest absolute Gasteiger partial charge is 0.240 e. The van der Waals surface area contributed by atoms with E-state index in [1.807, 2.05) is 24.3 Å². The number of benzene rings is 2. The number of imide groups is 1. The van der Waals surface area contributed by atoms with Crippen molar-refractivity contribution < 1.29 is 23.4 Å². The third-order valence-corrected chi connectivity index (χ3v) is 8.07. The van der Waals surface area contributed by atoms with Crippen molar-refractivity contribution in [2.45, 2.75) is 23.2 Å².